The smallest absolute Gasteiger partial charge is 0.199 e. The van der Waals surface area contributed by atoms with E-state index in [1.54, 1.807) is 0 Å². The maximum absolute atomic E-state index is 6.03. The molecule has 2 aromatic rings. The van der Waals surface area contributed by atoms with Crippen LogP contribution in [0.3, 0.4) is 0 Å². The van der Waals surface area contributed by atoms with Crippen molar-refractivity contribution in [2.45, 2.75) is 32.7 Å². The Hall–Kier alpha value is -1.56. The molecule has 0 radical (unpaired) electrons. The molecule has 86 valence electrons. The van der Waals surface area contributed by atoms with Crippen molar-refractivity contribution in [1.82, 2.24) is 25.3 Å². The fourth-order valence-corrected chi connectivity index (χ4v) is 1.75. The van der Waals surface area contributed by atoms with E-state index in [1.807, 2.05) is 12.1 Å². The minimum absolute atomic E-state index is 0.140. The van der Waals surface area contributed by atoms with E-state index in [0.717, 1.165) is 18.5 Å². The van der Waals surface area contributed by atoms with Gasteiger partial charge in [-0.25, -0.2) is 0 Å². The van der Waals surface area contributed by atoms with Gasteiger partial charge in [-0.3, -0.25) is 0 Å². The normalized spacial score (nSPS) is 13.5. The molecule has 6 heteroatoms. The third kappa shape index (κ3) is 2.52. The summed E-state index contributed by atoms with van der Waals surface area (Å²) in [5.41, 5.74) is 7.60. The summed E-state index contributed by atoms with van der Waals surface area (Å²) in [4.78, 5) is 0. The third-order valence-corrected chi connectivity index (χ3v) is 2.37. The molecule has 0 amide bonds. The Morgan fingerprint density at radius 1 is 1.38 bits per heavy atom. The Morgan fingerprint density at radius 2 is 2.19 bits per heavy atom. The number of tetrazole rings is 1. The van der Waals surface area contributed by atoms with E-state index < -0.39 is 0 Å². The van der Waals surface area contributed by atoms with Crippen molar-refractivity contribution in [3.63, 3.8) is 0 Å². The van der Waals surface area contributed by atoms with E-state index in [1.165, 1.54) is 4.63 Å². The Kier molecular flexibility index (Phi) is 3.09. The molecule has 0 fully saturated rings. The predicted molar refractivity (Wildman–Crippen MR) is 59.7 cm³/mol. The summed E-state index contributed by atoms with van der Waals surface area (Å²) in [6, 6.07) is 3.91. The molecule has 0 aliphatic carbocycles. The highest BCUT2D eigenvalue weighted by Crippen LogP contribution is 2.07. The van der Waals surface area contributed by atoms with Crippen LogP contribution in [-0.2, 0) is 6.42 Å². The summed E-state index contributed by atoms with van der Waals surface area (Å²) in [7, 11) is 0. The molecule has 2 heterocycles. The van der Waals surface area contributed by atoms with Gasteiger partial charge in [-0.15, -0.1) is 9.73 Å². The lowest BCUT2D eigenvalue weighted by molar-refractivity contribution is 0.487. The molecule has 0 bridgehead atoms. The molecule has 2 N–H and O–H groups in total. The third-order valence-electron chi connectivity index (χ3n) is 2.37. The molecule has 16 heavy (non-hydrogen) atoms. The van der Waals surface area contributed by atoms with Gasteiger partial charge in [0.1, 0.15) is 0 Å². The van der Waals surface area contributed by atoms with Crippen molar-refractivity contribution in [3.8, 4) is 0 Å². The van der Waals surface area contributed by atoms with Gasteiger partial charge < -0.3 is 5.73 Å². The highest BCUT2D eigenvalue weighted by atomic mass is 15.6. The van der Waals surface area contributed by atoms with Crippen LogP contribution in [-0.4, -0.2) is 31.3 Å². The second kappa shape index (κ2) is 4.52. The standard InChI is InChI=1S/C10H16N6/c1-7(2)5-8(11)6-9-3-4-10-12-14-15-16(10)13-9/h3-4,7-8H,5-6,11H2,1-2H3. The second-order valence-corrected chi connectivity index (χ2v) is 4.44. The Morgan fingerprint density at radius 3 is 2.94 bits per heavy atom. The lowest BCUT2D eigenvalue weighted by atomic mass is 10.0. The molecule has 2 aromatic heterocycles. The van der Waals surface area contributed by atoms with Gasteiger partial charge in [0.05, 0.1) is 5.69 Å². The first-order chi connectivity index (χ1) is 7.65. The van der Waals surface area contributed by atoms with E-state index >= 15 is 0 Å². The average Bonchev–Trinajstić information content (AvgIpc) is 2.63. The molecule has 0 aromatic carbocycles. The van der Waals surface area contributed by atoms with Crippen molar-refractivity contribution in [2.24, 2.45) is 11.7 Å². The van der Waals surface area contributed by atoms with Gasteiger partial charge in [0, 0.05) is 12.5 Å². The largest absolute Gasteiger partial charge is 0.327 e. The Balaban J connectivity index is 2.08. The molecule has 0 aliphatic rings. The van der Waals surface area contributed by atoms with E-state index in [-0.39, 0.29) is 6.04 Å². The monoisotopic (exact) mass is 220 g/mol. The van der Waals surface area contributed by atoms with Crippen LogP contribution in [0, 0.1) is 5.92 Å². The Bertz CT molecular complexity index is 463. The summed E-state index contributed by atoms with van der Waals surface area (Å²) >= 11 is 0. The topological polar surface area (TPSA) is 82.0 Å². The molecule has 0 saturated carbocycles. The SMILES string of the molecule is CC(C)CC(N)Cc1ccc2nnnn2n1. The van der Waals surface area contributed by atoms with Crippen molar-refractivity contribution in [3.05, 3.63) is 17.8 Å². The molecule has 2 rings (SSSR count). The zero-order valence-corrected chi connectivity index (χ0v) is 9.54. The van der Waals surface area contributed by atoms with Crippen LogP contribution in [0.15, 0.2) is 12.1 Å². The molecule has 0 spiro atoms. The number of nitrogens with two attached hydrogens (primary N) is 1. The summed E-state index contributed by atoms with van der Waals surface area (Å²) in [6.07, 6.45) is 1.75. The van der Waals surface area contributed by atoms with Gasteiger partial charge in [0.2, 0.25) is 0 Å². The minimum atomic E-state index is 0.140. The molecule has 0 saturated heterocycles. The highest BCUT2D eigenvalue weighted by molar-refractivity contribution is 5.32. The van der Waals surface area contributed by atoms with Crippen LogP contribution >= 0.6 is 0 Å². The van der Waals surface area contributed by atoms with Gasteiger partial charge in [-0.05, 0) is 34.9 Å². The lowest BCUT2D eigenvalue weighted by Crippen LogP contribution is -2.25. The summed E-state index contributed by atoms with van der Waals surface area (Å²) in [5.74, 6) is 0.603. The second-order valence-electron chi connectivity index (χ2n) is 4.44. The van der Waals surface area contributed by atoms with Crippen molar-refractivity contribution in [1.29, 1.82) is 0 Å². The zero-order chi connectivity index (χ0) is 11.5. The molecular formula is C10H16N6. The van der Waals surface area contributed by atoms with Crippen LogP contribution in [0.1, 0.15) is 26.0 Å². The lowest BCUT2D eigenvalue weighted by Gasteiger charge is -2.12. The van der Waals surface area contributed by atoms with Crippen molar-refractivity contribution < 1.29 is 0 Å². The summed E-state index contributed by atoms with van der Waals surface area (Å²) in [6.45, 7) is 4.33. The fraction of sp³-hybridized carbons (Fsp3) is 0.600. The van der Waals surface area contributed by atoms with Crippen LogP contribution in [0.5, 0.6) is 0 Å². The van der Waals surface area contributed by atoms with Crippen molar-refractivity contribution in [2.75, 3.05) is 0 Å². The van der Waals surface area contributed by atoms with E-state index in [2.05, 4.69) is 34.5 Å². The predicted octanol–water partition coefficient (Wildman–Crippen LogP) is 0.435. The van der Waals surface area contributed by atoms with Gasteiger partial charge in [-0.1, -0.05) is 13.8 Å². The van der Waals surface area contributed by atoms with E-state index in [9.17, 15) is 0 Å². The fourth-order valence-electron chi connectivity index (χ4n) is 1.75. The first-order valence-corrected chi connectivity index (χ1v) is 5.45. The van der Waals surface area contributed by atoms with Gasteiger partial charge in [0.15, 0.2) is 5.65 Å². The quantitative estimate of drug-likeness (QED) is 0.808. The van der Waals surface area contributed by atoms with Crippen LogP contribution in [0.25, 0.3) is 5.65 Å². The maximum atomic E-state index is 6.03. The minimum Gasteiger partial charge on any atom is -0.327 e. The molecule has 0 aliphatic heterocycles. The number of fused-ring (bicyclic) bond motifs is 1. The molecule has 1 unspecified atom stereocenters. The van der Waals surface area contributed by atoms with E-state index in [0.29, 0.717) is 11.6 Å². The number of rotatable bonds is 4. The van der Waals surface area contributed by atoms with Gasteiger partial charge in [-0.2, -0.15) is 5.10 Å². The van der Waals surface area contributed by atoms with Crippen molar-refractivity contribution >= 4 is 5.65 Å². The molecular weight excluding hydrogens is 204 g/mol. The number of aromatic nitrogens is 5. The number of nitrogens with zero attached hydrogens (tertiary/aromatic N) is 5. The molecule has 1 atom stereocenters. The first kappa shape index (κ1) is 10.9. The number of hydrogen-bond acceptors (Lipinski definition) is 5. The summed E-state index contributed by atoms with van der Waals surface area (Å²) < 4.78 is 1.43. The van der Waals surface area contributed by atoms with Crippen LogP contribution < -0.4 is 5.73 Å². The average molecular weight is 220 g/mol. The first-order valence-electron chi connectivity index (χ1n) is 5.45. The zero-order valence-electron chi connectivity index (χ0n) is 9.54. The molecule has 6 nitrogen and oxygen atoms in total. The number of hydrogen-bond donors (Lipinski definition) is 1. The highest BCUT2D eigenvalue weighted by Gasteiger charge is 2.08. The Labute approximate surface area is 93.8 Å². The van der Waals surface area contributed by atoms with E-state index in [4.69, 9.17) is 5.73 Å². The van der Waals surface area contributed by atoms with Crippen LogP contribution in [0.4, 0.5) is 0 Å². The maximum Gasteiger partial charge on any atom is 0.199 e. The van der Waals surface area contributed by atoms with Gasteiger partial charge >= 0.3 is 0 Å². The van der Waals surface area contributed by atoms with Crippen LogP contribution in [0.2, 0.25) is 0 Å². The van der Waals surface area contributed by atoms with Gasteiger partial charge in [0.25, 0.3) is 0 Å². The summed E-state index contributed by atoms with van der Waals surface area (Å²) in [5, 5.41) is 15.4.